The smallest absolute Gasteiger partial charge is 0.255 e. The van der Waals surface area contributed by atoms with Gasteiger partial charge >= 0.3 is 0 Å². The van der Waals surface area contributed by atoms with E-state index in [1.807, 2.05) is 66.7 Å². The quantitative estimate of drug-likeness (QED) is 0.345. The summed E-state index contributed by atoms with van der Waals surface area (Å²) in [5.74, 6) is 1.28. The maximum Gasteiger partial charge on any atom is 0.255 e. The van der Waals surface area contributed by atoms with E-state index in [4.69, 9.17) is 9.72 Å². The van der Waals surface area contributed by atoms with Crippen LogP contribution in [0.5, 0.6) is 5.75 Å². The van der Waals surface area contributed by atoms with E-state index in [0.717, 1.165) is 26.9 Å². The molecule has 0 unspecified atom stereocenters. The highest BCUT2D eigenvalue weighted by atomic mass is 32.2. The molecule has 0 saturated carbocycles. The minimum atomic E-state index is -0.161. The van der Waals surface area contributed by atoms with Crippen LogP contribution in [0.4, 0.5) is 5.69 Å². The summed E-state index contributed by atoms with van der Waals surface area (Å²) < 4.78 is 6.32. The van der Waals surface area contributed by atoms with Crippen LogP contribution >= 0.6 is 23.1 Å². The molecule has 0 bridgehead atoms. The number of thiazole rings is 1. The number of hydrogen-bond acceptors (Lipinski definition) is 5. The molecule has 1 heterocycles. The van der Waals surface area contributed by atoms with Crippen molar-refractivity contribution in [1.82, 2.24) is 4.98 Å². The number of nitrogens with one attached hydrogen (secondary N) is 1. The Morgan fingerprint density at radius 1 is 1.00 bits per heavy atom. The number of thioether (sulfide) groups is 1. The van der Waals surface area contributed by atoms with Crippen molar-refractivity contribution < 1.29 is 9.53 Å². The Bertz CT molecular complexity index is 1130. The number of aromatic nitrogens is 1. The summed E-state index contributed by atoms with van der Waals surface area (Å²) in [6.45, 7) is 0. The van der Waals surface area contributed by atoms with E-state index in [9.17, 15) is 4.79 Å². The van der Waals surface area contributed by atoms with Gasteiger partial charge in [-0.15, -0.1) is 11.3 Å². The predicted octanol–water partition coefficient (Wildman–Crippen LogP) is 6.36. The average Bonchev–Trinajstić information content (AvgIpc) is 3.28. The maximum absolute atomic E-state index is 12.5. The number of para-hydroxylation sites is 2. The topological polar surface area (TPSA) is 51.2 Å². The van der Waals surface area contributed by atoms with Crippen molar-refractivity contribution in [3.05, 3.63) is 95.4 Å². The Morgan fingerprint density at radius 2 is 1.73 bits per heavy atom. The number of methoxy groups -OCH3 is 1. The van der Waals surface area contributed by atoms with Gasteiger partial charge in [0.15, 0.2) is 4.34 Å². The number of anilines is 1. The Kier molecular flexibility index (Phi) is 6.47. The highest BCUT2D eigenvalue weighted by Crippen LogP contribution is 2.30. The van der Waals surface area contributed by atoms with Crippen molar-refractivity contribution in [2.24, 2.45) is 0 Å². The summed E-state index contributed by atoms with van der Waals surface area (Å²) in [6.07, 6.45) is 0. The number of benzene rings is 3. The van der Waals surface area contributed by atoms with Crippen molar-refractivity contribution in [3.63, 3.8) is 0 Å². The zero-order chi connectivity index (χ0) is 20.8. The molecule has 4 aromatic rings. The molecule has 0 radical (unpaired) electrons. The van der Waals surface area contributed by atoms with Crippen molar-refractivity contribution in [2.75, 3.05) is 12.4 Å². The average molecular weight is 433 g/mol. The zero-order valence-corrected chi connectivity index (χ0v) is 18.0. The fourth-order valence-corrected chi connectivity index (χ4v) is 4.70. The van der Waals surface area contributed by atoms with Crippen LogP contribution in [-0.2, 0) is 5.75 Å². The van der Waals surface area contributed by atoms with Gasteiger partial charge in [0.1, 0.15) is 5.75 Å². The summed E-state index contributed by atoms with van der Waals surface area (Å²) in [5, 5.41) is 4.98. The first-order valence-corrected chi connectivity index (χ1v) is 11.3. The standard InChI is InChI=1S/C24H20N2O2S2/c1-28-22-10-6-5-9-20(22)25-23(27)19-13-11-17(12-14-19)15-29-24-26-21(16-30-24)18-7-3-2-4-8-18/h2-14,16H,15H2,1H3,(H,25,27). The number of rotatable bonds is 7. The lowest BCUT2D eigenvalue weighted by Crippen LogP contribution is -2.12. The number of carbonyl (C=O) groups excluding carboxylic acids is 1. The van der Waals surface area contributed by atoms with E-state index in [-0.39, 0.29) is 5.91 Å². The van der Waals surface area contributed by atoms with Crippen molar-refractivity contribution >= 4 is 34.7 Å². The van der Waals surface area contributed by atoms with Crippen LogP contribution in [0, 0.1) is 0 Å². The van der Waals surface area contributed by atoms with E-state index in [0.29, 0.717) is 17.0 Å². The Labute approximate surface area is 184 Å². The molecule has 0 spiro atoms. The van der Waals surface area contributed by atoms with Gasteiger partial charge in [-0.1, -0.05) is 66.4 Å². The number of hydrogen-bond donors (Lipinski definition) is 1. The molecule has 150 valence electrons. The summed E-state index contributed by atoms with van der Waals surface area (Å²) in [5.41, 5.74) is 4.54. The highest BCUT2D eigenvalue weighted by molar-refractivity contribution is 8.00. The largest absolute Gasteiger partial charge is 0.495 e. The fraction of sp³-hybridized carbons (Fsp3) is 0.0833. The van der Waals surface area contributed by atoms with E-state index in [1.165, 1.54) is 0 Å². The maximum atomic E-state index is 12.5. The molecule has 6 heteroatoms. The molecular formula is C24H20N2O2S2. The summed E-state index contributed by atoms with van der Waals surface area (Å²) in [6, 6.07) is 25.2. The number of amides is 1. The van der Waals surface area contributed by atoms with Gasteiger partial charge in [0.25, 0.3) is 5.91 Å². The normalized spacial score (nSPS) is 10.6. The van der Waals surface area contributed by atoms with Crippen LogP contribution in [-0.4, -0.2) is 18.0 Å². The molecule has 0 saturated heterocycles. The molecule has 4 rings (SSSR count). The highest BCUT2D eigenvalue weighted by Gasteiger charge is 2.10. The van der Waals surface area contributed by atoms with Crippen LogP contribution in [0.1, 0.15) is 15.9 Å². The lowest BCUT2D eigenvalue weighted by Gasteiger charge is -2.10. The van der Waals surface area contributed by atoms with E-state index < -0.39 is 0 Å². The number of nitrogens with zero attached hydrogens (tertiary/aromatic N) is 1. The lowest BCUT2D eigenvalue weighted by molar-refractivity contribution is 0.102. The monoisotopic (exact) mass is 432 g/mol. The van der Waals surface area contributed by atoms with Gasteiger partial charge in [-0.05, 0) is 29.8 Å². The Balaban J connectivity index is 1.36. The number of carbonyl (C=O) groups is 1. The van der Waals surface area contributed by atoms with E-state index >= 15 is 0 Å². The van der Waals surface area contributed by atoms with Gasteiger partial charge in [0.05, 0.1) is 18.5 Å². The Hall–Kier alpha value is -3.09. The van der Waals surface area contributed by atoms with Gasteiger partial charge in [-0.2, -0.15) is 0 Å². The first-order chi connectivity index (χ1) is 14.7. The van der Waals surface area contributed by atoms with Gasteiger partial charge < -0.3 is 10.1 Å². The van der Waals surface area contributed by atoms with Crippen LogP contribution < -0.4 is 10.1 Å². The van der Waals surface area contributed by atoms with E-state index in [2.05, 4.69) is 22.8 Å². The molecule has 3 aromatic carbocycles. The third kappa shape index (κ3) is 4.90. The second-order valence-electron chi connectivity index (χ2n) is 6.50. The Morgan fingerprint density at radius 3 is 2.50 bits per heavy atom. The second-order valence-corrected chi connectivity index (χ2v) is 8.59. The van der Waals surface area contributed by atoms with Gasteiger partial charge in [0.2, 0.25) is 0 Å². The molecule has 1 aromatic heterocycles. The molecule has 4 nitrogen and oxygen atoms in total. The summed E-state index contributed by atoms with van der Waals surface area (Å²) in [7, 11) is 1.59. The summed E-state index contributed by atoms with van der Waals surface area (Å²) >= 11 is 3.35. The number of ether oxygens (including phenoxy) is 1. The van der Waals surface area contributed by atoms with Crippen LogP contribution in [0.3, 0.4) is 0 Å². The minimum absolute atomic E-state index is 0.161. The molecule has 30 heavy (non-hydrogen) atoms. The van der Waals surface area contributed by atoms with Gasteiger partial charge in [-0.3, -0.25) is 4.79 Å². The van der Waals surface area contributed by atoms with Crippen LogP contribution in [0.15, 0.2) is 88.6 Å². The first-order valence-electron chi connectivity index (χ1n) is 9.40. The predicted molar refractivity (Wildman–Crippen MR) is 125 cm³/mol. The van der Waals surface area contributed by atoms with Crippen LogP contribution in [0.25, 0.3) is 11.3 Å². The van der Waals surface area contributed by atoms with E-state index in [1.54, 1.807) is 30.2 Å². The third-order valence-corrected chi connectivity index (χ3v) is 6.58. The SMILES string of the molecule is COc1ccccc1NC(=O)c1ccc(CSc2nc(-c3ccccc3)cs2)cc1. The van der Waals surface area contributed by atoms with Gasteiger partial charge in [-0.25, -0.2) is 4.98 Å². The molecule has 0 aliphatic carbocycles. The zero-order valence-electron chi connectivity index (χ0n) is 16.4. The minimum Gasteiger partial charge on any atom is -0.495 e. The van der Waals surface area contributed by atoms with Crippen LogP contribution in [0.2, 0.25) is 0 Å². The van der Waals surface area contributed by atoms with Crippen molar-refractivity contribution in [3.8, 4) is 17.0 Å². The molecule has 0 fully saturated rings. The molecular weight excluding hydrogens is 412 g/mol. The first kappa shape index (κ1) is 20.2. The molecule has 1 N–H and O–H groups in total. The second kappa shape index (κ2) is 9.61. The van der Waals surface area contributed by atoms with Crippen molar-refractivity contribution in [2.45, 2.75) is 10.1 Å². The molecule has 1 amide bonds. The summed E-state index contributed by atoms with van der Waals surface area (Å²) in [4.78, 5) is 17.2. The molecule has 0 aliphatic rings. The third-order valence-electron chi connectivity index (χ3n) is 4.49. The molecule has 0 aliphatic heterocycles. The van der Waals surface area contributed by atoms with Gasteiger partial charge in [0, 0.05) is 22.3 Å². The molecule has 0 atom stereocenters. The lowest BCUT2D eigenvalue weighted by atomic mass is 10.1. The van der Waals surface area contributed by atoms with Crippen molar-refractivity contribution in [1.29, 1.82) is 0 Å². The fourth-order valence-electron chi connectivity index (χ4n) is 2.90.